The summed E-state index contributed by atoms with van der Waals surface area (Å²) in [6, 6.07) is 10.5. The van der Waals surface area contributed by atoms with Gasteiger partial charge in [0, 0.05) is 4.88 Å². The Morgan fingerprint density at radius 3 is 2.86 bits per heavy atom. The standard InChI is InChI=1S/C15H13ClN2O2S/c16-13-5-1-2-6-14(13)18-15(20)17-10-12-8-7-11(21-12)4-3-9-19/h1-2,5-8,19H,9-10H2,(H2,17,18,20). The van der Waals surface area contributed by atoms with Crippen LogP contribution >= 0.6 is 22.9 Å². The van der Waals surface area contributed by atoms with E-state index in [9.17, 15) is 4.79 Å². The number of nitrogens with one attached hydrogen (secondary N) is 2. The summed E-state index contributed by atoms with van der Waals surface area (Å²) in [5.74, 6) is 5.41. The molecule has 0 aliphatic heterocycles. The monoisotopic (exact) mass is 320 g/mol. The average Bonchev–Trinajstić information content (AvgIpc) is 2.93. The van der Waals surface area contributed by atoms with Gasteiger partial charge in [-0.15, -0.1) is 11.3 Å². The van der Waals surface area contributed by atoms with Crippen molar-refractivity contribution in [3.8, 4) is 11.8 Å². The fraction of sp³-hybridized carbons (Fsp3) is 0.133. The van der Waals surface area contributed by atoms with Crippen LogP contribution in [0.5, 0.6) is 0 Å². The third kappa shape index (κ3) is 4.80. The fourth-order valence-electron chi connectivity index (χ4n) is 1.56. The highest BCUT2D eigenvalue weighted by molar-refractivity contribution is 7.12. The molecule has 6 heteroatoms. The van der Waals surface area contributed by atoms with E-state index < -0.39 is 0 Å². The molecule has 108 valence electrons. The number of urea groups is 1. The van der Waals surface area contributed by atoms with Gasteiger partial charge in [-0.1, -0.05) is 35.6 Å². The van der Waals surface area contributed by atoms with E-state index in [4.69, 9.17) is 16.7 Å². The lowest BCUT2D eigenvalue weighted by Crippen LogP contribution is -2.27. The molecule has 0 saturated carbocycles. The van der Waals surface area contributed by atoms with E-state index >= 15 is 0 Å². The van der Waals surface area contributed by atoms with Crippen molar-refractivity contribution in [1.82, 2.24) is 5.32 Å². The number of carbonyl (C=O) groups excluding carboxylic acids is 1. The molecule has 4 nitrogen and oxygen atoms in total. The minimum absolute atomic E-state index is 0.161. The zero-order chi connectivity index (χ0) is 15.1. The van der Waals surface area contributed by atoms with Gasteiger partial charge in [-0.25, -0.2) is 4.79 Å². The number of hydrogen-bond donors (Lipinski definition) is 3. The van der Waals surface area contributed by atoms with E-state index in [0.29, 0.717) is 17.3 Å². The number of hydrogen-bond acceptors (Lipinski definition) is 3. The van der Waals surface area contributed by atoms with Crippen molar-refractivity contribution in [2.24, 2.45) is 0 Å². The van der Waals surface area contributed by atoms with Gasteiger partial charge >= 0.3 is 6.03 Å². The number of thiophene rings is 1. The van der Waals surface area contributed by atoms with E-state index in [1.807, 2.05) is 12.1 Å². The second kappa shape index (κ2) is 7.70. The Morgan fingerprint density at radius 1 is 1.29 bits per heavy atom. The van der Waals surface area contributed by atoms with Gasteiger partial charge in [-0.05, 0) is 24.3 Å². The van der Waals surface area contributed by atoms with Crippen LogP contribution in [-0.4, -0.2) is 17.7 Å². The largest absolute Gasteiger partial charge is 0.384 e. The predicted molar refractivity (Wildman–Crippen MR) is 85.6 cm³/mol. The minimum Gasteiger partial charge on any atom is -0.384 e. The highest BCUT2D eigenvalue weighted by atomic mass is 35.5. The number of rotatable bonds is 3. The first-order chi connectivity index (χ1) is 10.2. The minimum atomic E-state index is -0.320. The molecule has 0 spiro atoms. The lowest BCUT2D eigenvalue weighted by Gasteiger charge is -2.07. The summed E-state index contributed by atoms with van der Waals surface area (Å²) >= 11 is 7.43. The smallest absolute Gasteiger partial charge is 0.319 e. The number of halogens is 1. The first-order valence-corrected chi connectivity index (χ1v) is 7.36. The van der Waals surface area contributed by atoms with Crippen molar-refractivity contribution in [2.75, 3.05) is 11.9 Å². The maximum absolute atomic E-state index is 11.8. The van der Waals surface area contributed by atoms with Crippen molar-refractivity contribution >= 4 is 34.7 Å². The van der Waals surface area contributed by atoms with Crippen LogP contribution in [-0.2, 0) is 6.54 Å². The number of carbonyl (C=O) groups is 1. The molecule has 0 aliphatic carbocycles. The number of anilines is 1. The number of para-hydroxylation sites is 1. The summed E-state index contributed by atoms with van der Waals surface area (Å²) in [4.78, 5) is 13.6. The predicted octanol–water partition coefficient (Wildman–Crippen LogP) is 3.07. The van der Waals surface area contributed by atoms with Gasteiger partial charge in [0.05, 0.1) is 22.1 Å². The van der Waals surface area contributed by atoms with Gasteiger partial charge in [0.1, 0.15) is 6.61 Å². The average molecular weight is 321 g/mol. The zero-order valence-corrected chi connectivity index (χ0v) is 12.6. The molecule has 21 heavy (non-hydrogen) atoms. The lowest BCUT2D eigenvalue weighted by atomic mass is 10.3. The summed E-state index contributed by atoms with van der Waals surface area (Å²) in [6.45, 7) is 0.244. The Kier molecular flexibility index (Phi) is 5.64. The molecular weight excluding hydrogens is 308 g/mol. The van der Waals surface area contributed by atoms with Crippen molar-refractivity contribution in [2.45, 2.75) is 6.54 Å². The number of amides is 2. The van der Waals surface area contributed by atoms with E-state index in [0.717, 1.165) is 9.75 Å². The lowest BCUT2D eigenvalue weighted by molar-refractivity contribution is 0.252. The van der Waals surface area contributed by atoms with Crippen LogP contribution in [0, 0.1) is 11.8 Å². The Hall–Kier alpha value is -2.00. The molecule has 2 aromatic rings. The summed E-state index contributed by atoms with van der Waals surface area (Å²) in [5, 5.41) is 14.6. The van der Waals surface area contributed by atoms with Gasteiger partial charge in [0.25, 0.3) is 0 Å². The third-order valence-corrected chi connectivity index (χ3v) is 3.83. The van der Waals surface area contributed by atoms with E-state index in [-0.39, 0.29) is 12.6 Å². The molecule has 0 radical (unpaired) electrons. The summed E-state index contributed by atoms with van der Waals surface area (Å²) in [6.07, 6.45) is 0. The summed E-state index contributed by atoms with van der Waals surface area (Å²) < 4.78 is 0. The molecule has 0 fully saturated rings. The highest BCUT2D eigenvalue weighted by Gasteiger charge is 2.05. The summed E-state index contributed by atoms with van der Waals surface area (Å²) in [7, 11) is 0. The topological polar surface area (TPSA) is 61.4 Å². The van der Waals surface area contributed by atoms with Gasteiger partial charge in [0.2, 0.25) is 0 Å². The van der Waals surface area contributed by atoms with Crippen LogP contribution in [0.15, 0.2) is 36.4 Å². The van der Waals surface area contributed by atoms with Crippen LogP contribution in [0.4, 0.5) is 10.5 Å². The molecule has 1 aromatic carbocycles. The SMILES string of the molecule is O=C(NCc1ccc(C#CCO)s1)Nc1ccccc1Cl. The van der Waals surface area contributed by atoms with Gasteiger partial charge in [0.15, 0.2) is 0 Å². The second-order valence-electron chi connectivity index (χ2n) is 4.01. The number of aliphatic hydroxyl groups is 1. The maximum atomic E-state index is 11.8. The van der Waals surface area contributed by atoms with E-state index in [1.54, 1.807) is 24.3 Å². The van der Waals surface area contributed by atoms with Crippen LogP contribution in [0.1, 0.15) is 9.75 Å². The van der Waals surface area contributed by atoms with Crippen molar-refractivity contribution < 1.29 is 9.90 Å². The van der Waals surface area contributed by atoms with Gasteiger partial charge in [-0.2, -0.15) is 0 Å². The summed E-state index contributed by atoms with van der Waals surface area (Å²) in [5.41, 5.74) is 0.567. The number of aliphatic hydroxyl groups excluding tert-OH is 1. The quantitative estimate of drug-likeness (QED) is 0.761. The van der Waals surface area contributed by atoms with E-state index in [2.05, 4.69) is 22.5 Å². The molecule has 1 aromatic heterocycles. The van der Waals surface area contributed by atoms with Crippen LogP contribution in [0.3, 0.4) is 0 Å². The first kappa shape index (κ1) is 15.4. The van der Waals surface area contributed by atoms with Crippen molar-refractivity contribution in [3.05, 3.63) is 51.2 Å². The number of benzene rings is 1. The first-order valence-electron chi connectivity index (χ1n) is 6.17. The molecule has 0 unspecified atom stereocenters. The molecule has 2 amide bonds. The molecule has 0 aliphatic rings. The van der Waals surface area contributed by atoms with Crippen LogP contribution in [0.25, 0.3) is 0 Å². The molecule has 3 N–H and O–H groups in total. The third-order valence-electron chi connectivity index (χ3n) is 2.50. The maximum Gasteiger partial charge on any atom is 0.319 e. The molecule has 2 rings (SSSR count). The van der Waals surface area contributed by atoms with Gasteiger partial charge in [-0.3, -0.25) is 0 Å². The van der Waals surface area contributed by atoms with Crippen molar-refractivity contribution in [3.63, 3.8) is 0 Å². The Labute approximate surface area is 131 Å². The molecule has 1 heterocycles. The molecule has 0 bridgehead atoms. The second-order valence-corrected chi connectivity index (χ2v) is 5.59. The Balaban J connectivity index is 1.87. The Bertz CT molecular complexity index is 688. The van der Waals surface area contributed by atoms with Gasteiger partial charge < -0.3 is 15.7 Å². The zero-order valence-electron chi connectivity index (χ0n) is 11.0. The van der Waals surface area contributed by atoms with Crippen LogP contribution in [0.2, 0.25) is 5.02 Å². The van der Waals surface area contributed by atoms with Crippen LogP contribution < -0.4 is 10.6 Å². The highest BCUT2D eigenvalue weighted by Crippen LogP contribution is 2.20. The Morgan fingerprint density at radius 2 is 2.10 bits per heavy atom. The molecule has 0 saturated heterocycles. The molecular formula is C15H13ClN2O2S. The molecule has 0 atom stereocenters. The van der Waals surface area contributed by atoms with Crippen molar-refractivity contribution in [1.29, 1.82) is 0 Å². The normalized spacial score (nSPS) is 9.62. The van der Waals surface area contributed by atoms with E-state index in [1.165, 1.54) is 11.3 Å². The fourth-order valence-corrected chi connectivity index (χ4v) is 2.57.